The van der Waals surface area contributed by atoms with E-state index in [9.17, 15) is 4.79 Å². The zero-order chi connectivity index (χ0) is 13.3. The van der Waals surface area contributed by atoms with Gasteiger partial charge in [-0.3, -0.25) is 0 Å². The molecule has 1 heterocycles. The molecule has 2 atom stereocenters. The van der Waals surface area contributed by atoms with Crippen molar-refractivity contribution in [3.8, 4) is 0 Å². The Kier molecular flexibility index (Phi) is 3.44. The van der Waals surface area contributed by atoms with Gasteiger partial charge in [-0.1, -0.05) is 58.0 Å². The van der Waals surface area contributed by atoms with Crippen LogP contribution in [0, 0.1) is 11.3 Å². The zero-order valence-corrected chi connectivity index (χ0v) is 11.5. The summed E-state index contributed by atoms with van der Waals surface area (Å²) in [6, 6.07) is 10.2. The first-order chi connectivity index (χ1) is 8.39. The first-order valence-electron chi connectivity index (χ1n) is 6.42. The third-order valence-electron chi connectivity index (χ3n) is 3.43. The van der Waals surface area contributed by atoms with Crippen LogP contribution in [-0.4, -0.2) is 17.1 Å². The van der Waals surface area contributed by atoms with E-state index in [1.165, 1.54) is 0 Å². The molecule has 0 N–H and O–H groups in total. The van der Waals surface area contributed by atoms with E-state index in [1.54, 1.807) is 0 Å². The van der Waals surface area contributed by atoms with Gasteiger partial charge in [0.15, 0.2) is 0 Å². The highest BCUT2D eigenvalue weighted by Crippen LogP contribution is 2.36. The van der Waals surface area contributed by atoms with Crippen molar-refractivity contribution in [2.45, 2.75) is 40.3 Å². The number of hydroxylamine groups is 2. The maximum Gasteiger partial charge on any atom is 0.329 e. The predicted octanol–water partition coefficient (Wildman–Crippen LogP) is 3.01. The van der Waals surface area contributed by atoms with Gasteiger partial charge in [-0.15, -0.1) is 5.06 Å². The van der Waals surface area contributed by atoms with Crippen molar-refractivity contribution in [3.63, 3.8) is 0 Å². The van der Waals surface area contributed by atoms with Gasteiger partial charge in [0.2, 0.25) is 0 Å². The number of hydrogen-bond donors (Lipinski definition) is 0. The summed E-state index contributed by atoms with van der Waals surface area (Å²) in [5.41, 5.74) is 1.18. The molecule has 0 amide bonds. The van der Waals surface area contributed by atoms with Gasteiger partial charge in [-0.2, -0.15) is 0 Å². The fourth-order valence-electron chi connectivity index (χ4n) is 2.71. The third kappa shape index (κ3) is 2.56. The molecule has 1 aromatic rings. The monoisotopic (exact) mass is 247 g/mol. The summed E-state index contributed by atoms with van der Waals surface area (Å²) in [5.74, 6) is -0.195. The lowest BCUT2D eigenvalue weighted by atomic mass is 9.80. The van der Waals surface area contributed by atoms with Gasteiger partial charge in [0.05, 0.1) is 18.5 Å². The summed E-state index contributed by atoms with van der Waals surface area (Å²) in [5, 5.41) is 1.84. The first-order valence-corrected chi connectivity index (χ1v) is 6.42. The summed E-state index contributed by atoms with van der Waals surface area (Å²) in [7, 11) is 0. The van der Waals surface area contributed by atoms with Crippen LogP contribution in [0.1, 0.15) is 33.3 Å². The second-order valence-electron chi connectivity index (χ2n) is 6.07. The maximum atomic E-state index is 11.8. The average Bonchev–Trinajstić information content (AvgIpc) is 2.55. The fourth-order valence-corrected chi connectivity index (χ4v) is 2.71. The summed E-state index contributed by atoms with van der Waals surface area (Å²) < 4.78 is 0. The van der Waals surface area contributed by atoms with Crippen LogP contribution in [0.25, 0.3) is 0 Å². The van der Waals surface area contributed by atoms with Gasteiger partial charge >= 0.3 is 5.97 Å². The first kappa shape index (κ1) is 13.1. The van der Waals surface area contributed by atoms with Crippen LogP contribution in [0.4, 0.5) is 0 Å². The minimum absolute atomic E-state index is 0.0142. The molecule has 1 aliphatic rings. The molecule has 1 saturated heterocycles. The Balaban J connectivity index is 2.19. The average molecular weight is 247 g/mol. The number of hydrogen-bond acceptors (Lipinski definition) is 3. The van der Waals surface area contributed by atoms with Crippen molar-refractivity contribution in [3.05, 3.63) is 35.9 Å². The largest absolute Gasteiger partial charge is 0.367 e. The lowest BCUT2D eigenvalue weighted by molar-refractivity contribution is -0.183. The lowest BCUT2D eigenvalue weighted by Gasteiger charge is -2.33. The molecule has 0 bridgehead atoms. The molecular weight excluding hydrogens is 226 g/mol. The molecule has 2 unspecified atom stereocenters. The number of nitrogens with zero attached hydrogens (tertiary/aromatic N) is 1. The predicted molar refractivity (Wildman–Crippen MR) is 70.5 cm³/mol. The Morgan fingerprint density at radius 3 is 2.39 bits per heavy atom. The molecule has 1 aliphatic heterocycles. The molecule has 0 aliphatic carbocycles. The Hall–Kier alpha value is -1.35. The van der Waals surface area contributed by atoms with E-state index in [2.05, 4.69) is 32.9 Å². The van der Waals surface area contributed by atoms with Crippen molar-refractivity contribution < 1.29 is 9.63 Å². The van der Waals surface area contributed by atoms with Crippen LogP contribution in [-0.2, 0) is 16.2 Å². The molecule has 98 valence electrons. The van der Waals surface area contributed by atoms with E-state index in [4.69, 9.17) is 4.84 Å². The fraction of sp³-hybridized carbons (Fsp3) is 0.533. The van der Waals surface area contributed by atoms with Gasteiger partial charge in [0.1, 0.15) is 0 Å². The SMILES string of the molecule is CC1C(=O)ON(Cc2ccccc2)C1C(C)(C)C. The number of benzene rings is 1. The summed E-state index contributed by atoms with van der Waals surface area (Å²) >= 11 is 0. The van der Waals surface area contributed by atoms with Crippen molar-refractivity contribution >= 4 is 5.97 Å². The molecule has 0 saturated carbocycles. The van der Waals surface area contributed by atoms with E-state index in [1.807, 2.05) is 30.2 Å². The van der Waals surface area contributed by atoms with Crippen LogP contribution in [0.3, 0.4) is 0 Å². The van der Waals surface area contributed by atoms with Crippen LogP contribution < -0.4 is 0 Å². The minimum Gasteiger partial charge on any atom is -0.367 e. The van der Waals surface area contributed by atoms with Crippen molar-refractivity contribution in [1.29, 1.82) is 0 Å². The topological polar surface area (TPSA) is 29.5 Å². The van der Waals surface area contributed by atoms with Crippen LogP contribution in [0.2, 0.25) is 0 Å². The standard InChI is InChI=1S/C15H21NO2/c1-11-13(15(2,3)4)16(18-14(11)17)10-12-8-6-5-7-9-12/h5-9,11,13H,10H2,1-4H3. The number of rotatable bonds is 2. The van der Waals surface area contributed by atoms with Crippen molar-refractivity contribution in [2.75, 3.05) is 0 Å². The molecular formula is C15H21NO2. The second kappa shape index (κ2) is 4.73. The van der Waals surface area contributed by atoms with Crippen LogP contribution in [0.5, 0.6) is 0 Å². The molecule has 3 heteroatoms. The second-order valence-corrected chi connectivity index (χ2v) is 6.07. The molecule has 0 radical (unpaired) electrons. The molecule has 0 aromatic heterocycles. The van der Waals surface area contributed by atoms with Crippen LogP contribution in [0.15, 0.2) is 30.3 Å². The van der Waals surface area contributed by atoms with E-state index in [0.717, 1.165) is 5.56 Å². The van der Waals surface area contributed by atoms with Gasteiger partial charge in [0.25, 0.3) is 0 Å². The third-order valence-corrected chi connectivity index (χ3v) is 3.43. The summed E-state index contributed by atoms with van der Waals surface area (Å²) in [4.78, 5) is 17.2. The molecule has 18 heavy (non-hydrogen) atoms. The number of carbonyl (C=O) groups excluding carboxylic acids is 1. The highest BCUT2D eigenvalue weighted by molar-refractivity contribution is 5.74. The molecule has 1 aromatic carbocycles. The van der Waals surface area contributed by atoms with Gasteiger partial charge in [-0.05, 0) is 11.0 Å². The van der Waals surface area contributed by atoms with Gasteiger partial charge < -0.3 is 4.84 Å². The molecule has 1 fully saturated rings. The van der Waals surface area contributed by atoms with Crippen LogP contribution >= 0.6 is 0 Å². The van der Waals surface area contributed by atoms with E-state index in [-0.39, 0.29) is 23.3 Å². The van der Waals surface area contributed by atoms with E-state index < -0.39 is 0 Å². The Morgan fingerprint density at radius 1 is 1.22 bits per heavy atom. The maximum absolute atomic E-state index is 11.8. The molecule has 0 spiro atoms. The zero-order valence-electron chi connectivity index (χ0n) is 11.5. The van der Waals surface area contributed by atoms with E-state index in [0.29, 0.717) is 6.54 Å². The summed E-state index contributed by atoms with van der Waals surface area (Å²) in [6.07, 6.45) is 0. The Labute approximate surface area is 109 Å². The smallest absolute Gasteiger partial charge is 0.329 e. The molecule has 3 nitrogen and oxygen atoms in total. The normalized spacial score (nSPS) is 25.2. The highest BCUT2D eigenvalue weighted by Gasteiger charge is 2.46. The Morgan fingerprint density at radius 2 is 1.83 bits per heavy atom. The minimum atomic E-state index is -0.120. The molecule has 2 rings (SSSR count). The quantitative estimate of drug-likeness (QED) is 0.804. The Bertz CT molecular complexity index is 422. The van der Waals surface area contributed by atoms with Crippen molar-refractivity contribution in [1.82, 2.24) is 5.06 Å². The van der Waals surface area contributed by atoms with Gasteiger partial charge in [-0.25, -0.2) is 4.79 Å². The summed E-state index contributed by atoms with van der Waals surface area (Å²) in [6.45, 7) is 9.04. The van der Waals surface area contributed by atoms with Gasteiger partial charge in [0, 0.05) is 0 Å². The highest BCUT2D eigenvalue weighted by atomic mass is 16.7. The lowest BCUT2D eigenvalue weighted by Crippen LogP contribution is -2.41. The number of carbonyl (C=O) groups is 1. The van der Waals surface area contributed by atoms with E-state index >= 15 is 0 Å². The van der Waals surface area contributed by atoms with Crippen molar-refractivity contribution in [2.24, 2.45) is 11.3 Å².